The van der Waals surface area contributed by atoms with Gasteiger partial charge in [0.15, 0.2) is 17.1 Å². The van der Waals surface area contributed by atoms with Crippen LogP contribution >= 0.6 is 12.4 Å². The van der Waals surface area contributed by atoms with Crippen molar-refractivity contribution in [3.63, 3.8) is 0 Å². The number of rotatable bonds is 6. The van der Waals surface area contributed by atoms with E-state index in [9.17, 15) is 9.59 Å². The Hall–Kier alpha value is -2.91. The van der Waals surface area contributed by atoms with Crippen LogP contribution in [0.15, 0.2) is 35.2 Å². The number of hydrogen-bond acceptors (Lipinski definition) is 6. The second-order valence-electron chi connectivity index (χ2n) is 5.49. The normalized spacial score (nSPS) is 10.5. The third-order valence-corrected chi connectivity index (χ3v) is 3.77. The zero-order valence-corrected chi connectivity index (χ0v) is 15.1. The van der Waals surface area contributed by atoms with Crippen molar-refractivity contribution in [2.75, 3.05) is 27.2 Å². The van der Waals surface area contributed by atoms with Crippen LogP contribution in [0.5, 0.6) is 0 Å². The third kappa shape index (κ3) is 3.53. The number of halogens is 1. The molecule has 138 valence electrons. The lowest BCUT2D eigenvalue weighted by Crippen LogP contribution is -2.33. The maximum Gasteiger partial charge on any atom is 0.271 e. The van der Waals surface area contributed by atoms with Gasteiger partial charge < -0.3 is 20.4 Å². The van der Waals surface area contributed by atoms with E-state index >= 15 is 0 Å². The zero-order valence-electron chi connectivity index (χ0n) is 14.3. The summed E-state index contributed by atoms with van der Waals surface area (Å²) in [6.07, 6.45) is 2.88. The Kier molecular flexibility index (Phi) is 5.96. The Balaban J connectivity index is 0.00000243. The molecule has 0 spiro atoms. The van der Waals surface area contributed by atoms with Gasteiger partial charge in [0.1, 0.15) is 17.7 Å². The Labute approximate surface area is 155 Å². The largest absolute Gasteiger partial charge is 0.463 e. The summed E-state index contributed by atoms with van der Waals surface area (Å²) in [4.78, 5) is 34.4. The highest BCUT2D eigenvalue weighted by Crippen LogP contribution is 2.22. The van der Waals surface area contributed by atoms with Crippen LogP contribution in [0.3, 0.4) is 0 Å². The monoisotopic (exact) mass is 378 g/mol. The predicted octanol–water partition coefficient (Wildman–Crippen LogP) is 0.801. The minimum absolute atomic E-state index is 0. The molecule has 0 saturated heterocycles. The van der Waals surface area contributed by atoms with E-state index in [1.54, 1.807) is 30.1 Å². The number of primary amides is 1. The number of nitrogens with one attached hydrogen (secondary N) is 1. The van der Waals surface area contributed by atoms with Crippen molar-refractivity contribution in [3.05, 3.63) is 42.2 Å². The molecule has 0 unspecified atom stereocenters. The smallest absolute Gasteiger partial charge is 0.271 e. The molecule has 0 aliphatic carbocycles. The summed E-state index contributed by atoms with van der Waals surface area (Å²) in [5.74, 6) is -0.469. The van der Waals surface area contributed by atoms with E-state index in [0.29, 0.717) is 30.2 Å². The standard InChI is InChI=1S/C16H18N6O3.ClH/c1-18-5-6-21(2)16(24)11-8-10(12-4-3-7-25-12)20-15-13(14(17)23)19-9-22(11)15;/h3-4,7-9,18H,5-6H2,1-2H3,(H2,17,23);1H. The highest BCUT2D eigenvalue weighted by atomic mass is 35.5. The molecule has 3 aromatic heterocycles. The highest BCUT2D eigenvalue weighted by Gasteiger charge is 2.22. The van der Waals surface area contributed by atoms with Crippen LogP contribution in [0.1, 0.15) is 21.0 Å². The fraction of sp³-hybridized carbons (Fsp3) is 0.250. The number of aromatic nitrogens is 3. The number of amides is 2. The second kappa shape index (κ2) is 7.98. The number of fused-ring (bicyclic) bond motifs is 1. The summed E-state index contributed by atoms with van der Waals surface area (Å²) in [6.45, 7) is 1.17. The number of nitrogens with two attached hydrogens (primary N) is 1. The van der Waals surface area contributed by atoms with Crippen molar-refractivity contribution in [3.8, 4) is 11.5 Å². The van der Waals surface area contributed by atoms with Crippen molar-refractivity contribution >= 4 is 29.9 Å². The summed E-state index contributed by atoms with van der Waals surface area (Å²) >= 11 is 0. The lowest BCUT2D eigenvalue weighted by atomic mass is 10.2. The van der Waals surface area contributed by atoms with Crippen molar-refractivity contribution in [1.82, 2.24) is 24.6 Å². The van der Waals surface area contributed by atoms with Gasteiger partial charge in [0.2, 0.25) is 0 Å². The quantitative estimate of drug-likeness (QED) is 0.655. The molecule has 0 fully saturated rings. The zero-order chi connectivity index (χ0) is 18.0. The van der Waals surface area contributed by atoms with Gasteiger partial charge in [0.25, 0.3) is 11.8 Å². The van der Waals surface area contributed by atoms with E-state index in [2.05, 4.69) is 15.3 Å². The molecule has 3 rings (SSSR count). The molecule has 0 aliphatic heterocycles. The van der Waals surface area contributed by atoms with Crippen LogP contribution in [0, 0.1) is 0 Å². The Morgan fingerprint density at radius 3 is 2.81 bits per heavy atom. The first-order valence-corrected chi connectivity index (χ1v) is 7.64. The van der Waals surface area contributed by atoms with Crippen molar-refractivity contribution in [1.29, 1.82) is 0 Å². The number of carbonyl (C=O) groups is 2. The average Bonchev–Trinajstić information content (AvgIpc) is 3.27. The molecular weight excluding hydrogens is 360 g/mol. The first-order valence-electron chi connectivity index (χ1n) is 7.64. The summed E-state index contributed by atoms with van der Waals surface area (Å²) in [6, 6.07) is 5.04. The fourth-order valence-electron chi connectivity index (χ4n) is 2.44. The van der Waals surface area contributed by atoms with E-state index < -0.39 is 5.91 Å². The number of hydrogen-bond donors (Lipinski definition) is 2. The average molecular weight is 379 g/mol. The fourth-order valence-corrected chi connectivity index (χ4v) is 2.44. The molecule has 0 aliphatic rings. The maximum absolute atomic E-state index is 12.8. The number of carbonyl (C=O) groups excluding carboxylic acids is 2. The van der Waals surface area contributed by atoms with Crippen LogP contribution in [0.25, 0.3) is 17.1 Å². The van der Waals surface area contributed by atoms with Crippen LogP contribution < -0.4 is 11.1 Å². The molecule has 0 atom stereocenters. The number of nitrogens with zero attached hydrogens (tertiary/aromatic N) is 4. The molecule has 0 aromatic carbocycles. The summed E-state index contributed by atoms with van der Waals surface area (Å²) in [5.41, 5.74) is 6.31. The molecule has 3 N–H and O–H groups in total. The van der Waals surface area contributed by atoms with Gasteiger partial charge in [-0.1, -0.05) is 0 Å². The van der Waals surface area contributed by atoms with E-state index in [1.807, 2.05) is 7.05 Å². The maximum atomic E-state index is 12.8. The Bertz CT molecular complexity index is 922. The highest BCUT2D eigenvalue weighted by molar-refractivity contribution is 5.99. The molecule has 3 heterocycles. The first kappa shape index (κ1) is 19.4. The van der Waals surface area contributed by atoms with Gasteiger partial charge in [-0.25, -0.2) is 9.97 Å². The molecule has 0 bridgehead atoms. The molecule has 10 heteroatoms. The molecule has 9 nitrogen and oxygen atoms in total. The van der Waals surface area contributed by atoms with Gasteiger partial charge in [-0.2, -0.15) is 0 Å². The Morgan fingerprint density at radius 2 is 2.19 bits per heavy atom. The minimum atomic E-state index is -0.714. The van der Waals surface area contributed by atoms with Gasteiger partial charge in [-0.3, -0.25) is 14.0 Å². The van der Waals surface area contributed by atoms with Crippen LogP contribution in [-0.2, 0) is 0 Å². The topological polar surface area (TPSA) is 119 Å². The van der Waals surface area contributed by atoms with Gasteiger partial charge >= 0.3 is 0 Å². The lowest BCUT2D eigenvalue weighted by Gasteiger charge is -2.18. The summed E-state index contributed by atoms with van der Waals surface area (Å²) in [5, 5.41) is 2.99. The number of likely N-dealkylation sites (N-methyl/N-ethyl adjacent to an activating group) is 2. The van der Waals surface area contributed by atoms with Crippen LogP contribution in [0.2, 0.25) is 0 Å². The van der Waals surface area contributed by atoms with Gasteiger partial charge in [-0.05, 0) is 25.2 Å². The summed E-state index contributed by atoms with van der Waals surface area (Å²) in [7, 11) is 3.51. The van der Waals surface area contributed by atoms with Crippen LogP contribution in [0.4, 0.5) is 0 Å². The second-order valence-corrected chi connectivity index (χ2v) is 5.49. The van der Waals surface area contributed by atoms with Crippen LogP contribution in [-0.4, -0.2) is 58.3 Å². The summed E-state index contributed by atoms with van der Waals surface area (Å²) < 4.78 is 6.83. The van der Waals surface area contributed by atoms with E-state index in [4.69, 9.17) is 10.2 Å². The number of imidazole rings is 1. The van der Waals surface area contributed by atoms with Gasteiger partial charge in [0.05, 0.1) is 6.26 Å². The third-order valence-electron chi connectivity index (χ3n) is 3.77. The molecule has 0 radical (unpaired) electrons. The van der Waals surface area contributed by atoms with Crippen molar-refractivity contribution < 1.29 is 14.0 Å². The molecular formula is C16H19ClN6O3. The molecule has 2 amide bonds. The first-order chi connectivity index (χ1) is 12.0. The lowest BCUT2D eigenvalue weighted by molar-refractivity contribution is 0.0789. The molecule has 3 aromatic rings. The van der Waals surface area contributed by atoms with Gasteiger partial charge in [-0.15, -0.1) is 12.4 Å². The van der Waals surface area contributed by atoms with Crippen molar-refractivity contribution in [2.45, 2.75) is 0 Å². The van der Waals surface area contributed by atoms with Crippen molar-refractivity contribution in [2.24, 2.45) is 5.73 Å². The Morgan fingerprint density at radius 1 is 1.42 bits per heavy atom. The van der Waals surface area contributed by atoms with E-state index in [1.165, 1.54) is 17.0 Å². The molecule has 0 saturated carbocycles. The predicted molar refractivity (Wildman–Crippen MR) is 97.3 cm³/mol. The SMILES string of the molecule is CNCCN(C)C(=O)c1cc(-c2ccco2)nc2c(C(N)=O)ncn12.Cl. The van der Waals surface area contributed by atoms with E-state index in [-0.39, 0.29) is 29.7 Å². The minimum Gasteiger partial charge on any atom is -0.463 e. The molecule has 26 heavy (non-hydrogen) atoms. The van der Waals surface area contributed by atoms with E-state index in [0.717, 1.165) is 0 Å². The van der Waals surface area contributed by atoms with Gasteiger partial charge in [0, 0.05) is 20.1 Å². The number of furan rings is 1.